The smallest absolute Gasteiger partial charge is 0.237 e. The van der Waals surface area contributed by atoms with E-state index in [-0.39, 0.29) is 11.6 Å². The van der Waals surface area contributed by atoms with Crippen LogP contribution in [0.1, 0.15) is 12.5 Å². The Hall–Kier alpha value is -2.38. The number of thioether (sulfide) groups is 1. The maximum Gasteiger partial charge on any atom is 0.237 e. The number of amides is 1. The van der Waals surface area contributed by atoms with Crippen molar-refractivity contribution in [3.8, 4) is 5.69 Å². The van der Waals surface area contributed by atoms with Gasteiger partial charge in [0.25, 0.3) is 0 Å². The summed E-state index contributed by atoms with van der Waals surface area (Å²) in [7, 11) is 0. The third-order valence-electron chi connectivity index (χ3n) is 3.73. The Morgan fingerprint density at radius 1 is 1.31 bits per heavy atom. The van der Waals surface area contributed by atoms with E-state index in [0.29, 0.717) is 10.2 Å². The van der Waals surface area contributed by atoms with Crippen LogP contribution in [0.4, 0.5) is 10.1 Å². The first kappa shape index (κ1) is 18.4. The molecule has 3 aromatic rings. The molecule has 1 amide bonds. The Morgan fingerprint density at radius 3 is 2.81 bits per heavy atom. The van der Waals surface area contributed by atoms with E-state index in [2.05, 4.69) is 15.5 Å². The number of rotatable bonds is 5. The monoisotopic (exact) mass is 390 g/mol. The predicted molar refractivity (Wildman–Crippen MR) is 101 cm³/mol. The highest BCUT2D eigenvalue weighted by Crippen LogP contribution is 2.27. The molecule has 0 aliphatic carbocycles. The topological polar surface area (TPSA) is 59.8 Å². The Bertz CT molecular complexity index is 946. The number of anilines is 1. The van der Waals surface area contributed by atoms with Gasteiger partial charge in [0.05, 0.1) is 16.6 Å². The average molecular weight is 391 g/mol. The molecule has 1 unspecified atom stereocenters. The number of aromatic nitrogens is 3. The molecule has 0 saturated carbocycles. The highest BCUT2D eigenvalue weighted by atomic mass is 35.5. The van der Waals surface area contributed by atoms with Crippen molar-refractivity contribution in [2.75, 3.05) is 5.32 Å². The molecular formula is C18H16ClFN4OS. The Balaban J connectivity index is 1.75. The minimum atomic E-state index is -0.501. The predicted octanol–water partition coefficient (Wildman–Crippen LogP) is 4.49. The van der Waals surface area contributed by atoms with Crippen LogP contribution in [0.3, 0.4) is 0 Å². The maximum absolute atomic E-state index is 13.7. The summed E-state index contributed by atoms with van der Waals surface area (Å²) in [6.45, 7) is 3.64. The zero-order chi connectivity index (χ0) is 18.7. The molecule has 26 heavy (non-hydrogen) atoms. The van der Waals surface area contributed by atoms with E-state index in [1.54, 1.807) is 30.0 Å². The van der Waals surface area contributed by atoms with Gasteiger partial charge in [-0.15, -0.1) is 10.2 Å². The molecule has 0 fully saturated rings. The van der Waals surface area contributed by atoms with Gasteiger partial charge in [-0.25, -0.2) is 4.39 Å². The van der Waals surface area contributed by atoms with Crippen molar-refractivity contribution >= 4 is 35.0 Å². The summed E-state index contributed by atoms with van der Waals surface area (Å²) >= 11 is 7.41. The van der Waals surface area contributed by atoms with E-state index < -0.39 is 11.1 Å². The number of nitrogens with zero attached hydrogens (tertiary/aromatic N) is 3. The summed E-state index contributed by atoms with van der Waals surface area (Å²) in [5, 5.41) is 11.3. The highest BCUT2D eigenvalue weighted by molar-refractivity contribution is 8.00. The number of hydrogen-bond acceptors (Lipinski definition) is 4. The molecule has 1 N–H and O–H groups in total. The van der Waals surface area contributed by atoms with Crippen LogP contribution in [0, 0.1) is 12.7 Å². The second-order valence-electron chi connectivity index (χ2n) is 5.65. The van der Waals surface area contributed by atoms with Gasteiger partial charge >= 0.3 is 0 Å². The molecular weight excluding hydrogens is 375 g/mol. The second kappa shape index (κ2) is 7.88. The molecule has 2 aromatic carbocycles. The molecule has 5 nitrogen and oxygen atoms in total. The van der Waals surface area contributed by atoms with Crippen molar-refractivity contribution in [2.45, 2.75) is 24.3 Å². The van der Waals surface area contributed by atoms with Gasteiger partial charge in [-0.1, -0.05) is 41.6 Å². The van der Waals surface area contributed by atoms with Crippen LogP contribution in [0.25, 0.3) is 5.69 Å². The van der Waals surface area contributed by atoms with Gasteiger partial charge < -0.3 is 5.32 Å². The number of aryl methyl sites for hydroxylation is 1. The van der Waals surface area contributed by atoms with Crippen molar-refractivity contribution in [1.29, 1.82) is 0 Å². The zero-order valence-corrected chi connectivity index (χ0v) is 15.7. The van der Waals surface area contributed by atoms with Crippen LogP contribution < -0.4 is 5.32 Å². The van der Waals surface area contributed by atoms with Gasteiger partial charge in [-0.3, -0.25) is 9.36 Å². The quantitative estimate of drug-likeness (QED) is 0.652. The standard InChI is InChI=1S/C18H16ClFN4OS/c1-11-7-8-13(9-14(11)19)24-10-21-23-18(24)26-12(2)17(25)22-16-6-4-3-5-15(16)20/h3-10,12H,1-2H3,(H,22,25). The number of benzene rings is 2. The largest absolute Gasteiger partial charge is 0.323 e. The fourth-order valence-corrected chi connectivity index (χ4v) is 3.24. The van der Waals surface area contributed by atoms with Crippen LogP contribution in [0.15, 0.2) is 53.9 Å². The van der Waals surface area contributed by atoms with Crippen molar-refractivity contribution in [1.82, 2.24) is 14.8 Å². The van der Waals surface area contributed by atoms with Gasteiger partial charge in [-0.05, 0) is 43.7 Å². The summed E-state index contributed by atoms with van der Waals surface area (Å²) in [6.07, 6.45) is 1.56. The van der Waals surface area contributed by atoms with Crippen LogP contribution >= 0.6 is 23.4 Å². The molecule has 134 valence electrons. The first-order valence-corrected chi connectivity index (χ1v) is 9.10. The summed E-state index contributed by atoms with van der Waals surface area (Å²) < 4.78 is 15.4. The lowest BCUT2D eigenvalue weighted by molar-refractivity contribution is -0.115. The molecule has 0 aliphatic rings. The number of carbonyl (C=O) groups is 1. The lowest BCUT2D eigenvalue weighted by Crippen LogP contribution is -2.23. The van der Waals surface area contributed by atoms with E-state index in [1.165, 1.54) is 23.9 Å². The Kier molecular flexibility index (Phi) is 5.58. The van der Waals surface area contributed by atoms with Gasteiger partial charge in [0.2, 0.25) is 5.91 Å². The van der Waals surface area contributed by atoms with Gasteiger partial charge in [-0.2, -0.15) is 0 Å². The number of carbonyl (C=O) groups excluding carboxylic acids is 1. The number of hydrogen-bond donors (Lipinski definition) is 1. The van der Waals surface area contributed by atoms with Gasteiger partial charge in [0.15, 0.2) is 5.16 Å². The Morgan fingerprint density at radius 2 is 2.08 bits per heavy atom. The van der Waals surface area contributed by atoms with E-state index in [1.807, 2.05) is 25.1 Å². The Labute approximate surface area is 159 Å². The van der Waals surface area contributed by atoms with Crippen molar-refractivity contribution < 1.29 is 9.18 Å². The number of nitrogens with one attached hydrogen (secondary N) is 1. The number of para-hydroxylation sites is 1. The molecule has 0 saturated heterocycles. The third kappa shape index (κ3) is 4.05. The summed E-state index contributed by atoms with van der Waals surface area (Å²) in [6, 6.07) is 11.7. The van der Waals surface area contributed by atoms with Crippen molar-refractivity contribution in [3.05, 3.63) is 65.2 Å². The minimum absolute atomic E-state index is 0.150. The van der Waals surface area contributed by atoms with E-state index in [0.717, 1.165) is 11.3 Å². The second-order valence-corrected chi connectivity index (χ2v) is 7.36. The van der Waals surface area contributed by atoms with Crippen LogP contribution in [0.5, 0.6) is 0 Å². The summed E-state index contributed by atoms with van der Waals surface area (Å²) in [5.41, 5.74) is 1.92. The molecule has 1 atom stereocenters. The molecule has 1 aromatic heterocycles. The molecule has 0 radical (unpaired) electrons. The molecule has 3 rings (SSSR count). The fraction of sp³-hybridized carbons (Fsp3) is 0.167. The van der Waals surface area contributed by atoms with E-state index in [9.17, 15) is 9.18 Å². The van der Waals surface area contributed by atoms with Crippen molar-refractivity contribution in [3.63, 3.8) is 0 Å². The molecule has 8 heteroatoms. The van der Waals surface area contributed by atoms with Crippen LogP contribution in [-0.2, 0) is 4.79 Å². The molecule has 0 spiro atoms. The van der Waals surface area contributed by atoms with Crippen molar-refractivity contribution in [2.24, 2.45) is 0 Å². The van der Waals surface area contributed by atoms with Crippen LogP contribution in [0.2, 0.25) is 5.02 Å². The first-order chi connectivity index (χ1) is 12.5. The molecule has 0 bridgehead atoms. The van der Waals surface area contributed by atoms with E-state index in [4.69, 9.17) is 11.6 Å². The van der Waals surface area contributed by atoms with Crippen LogP contribution in [-0.4, -0.2) is 25.9 Å². The zero-order valence-electron chi connectivity index (χ0n) is 14.1. The summed E-state index contributed by atoms with van der Waals surface area (Å²) in [4.78, 5) is 12.4. The van der Waals surface area contributed by atoms with E-state index >= 15 is 0 Å². The SMILES string of the molecule is Cc1ccc(-n2cnnc2SC(C)C(=O)Nc2ccccc2F)cc1Cl. The maximum atomic E-state index is 13.7. The first-order valence-electron chi connectivity index (χ1n) is 7.84. The number of halogens is 2. The average Bonchev–Trinajstić information content (AvgIpc) is 3.07. The normalized spacial score (nSPS) is 12.0. The lowest BCUT2D eigenvalue weighted by atomic mass is 10.2. The van der Waals surface area contributed by atoms with Gasteiger partial charge in [0.1, 0.15) is 12.1 Å². The summed E-state index contributed by atoms with van der Waals surface area (Å²) in [5.74, 6) is -0.799. The van der Waals surface area contributed by atoms with Gasteiger partial charge in [0, 0.05) is 5.02 Å². The third-order valence-corrected chi connectivity index (χ3v) is 5.20. The molecule has 1 heterocycles. The highest BCUT2D eigenvalue weighted by Gasteiger charge is 2.19. The fourth-order valence-electron chi connectivity index (χ4n) is 2.22. The lowest BCUT2D eigenvalue weighted by Gasteiger charge is -2.13. The minimum Gasteiger partial charge on any atom is -0.323 e. The molecule has 0 aliphatic heterocycles.